The van der Waals surface area contributed by atoms with Crippen LogP contribution in [0, 0.1) is 13.8 Å². The van der Waals surface area contributed by atoms with Gasteiger partial charge in [0.25, 0.3) is 0 Å². The van der Waals surface area contributed by atoms with Gasteiger partial charge in [-0.05, 0) is 37.1 Å². The summed E-state index contributed by atoms with van der Waals surface area (Å²) in [6.07, 6.45) is 3.48. The third-order valence-corrected chi connectivity index (χ3v) is 5.17. The molecule has 0 saturated carbocycles. The van der Waals surface area contributed by atoms with Crippen LogP contribution in [-0.2, 0) is 0 Å². The Morgan fingerprint density at radius 2 is 1.85 bits per heavy atom. The van der Waals surface area contributed by atoms with Crippen LogP contribution in [0.2, 0.25) is 0 Å². The van der Waals surface area contributed by atoms with Gasteiger partial charge in [-0.15, -0.1) is 0 Å². The summed E-state index contributed by atoms with van der Waals surface area (Å²) in [5, 5.41) is 14.7. The van der Waals surface area contributed by atoms with Crippen molar-refractivity contribution in [2.24, 2.45) is 0 Å². The number of fused-ring (bicyclic) bond motifs is 1. The topological polar surface area (TPSA) is 70.3 Å². The smallest absolute Gasteiger partial charge is 0.168 e. The number of rotatable bonds is 4. The number of hydrogen-bond donors (Lipinski definition) is 1. The number of β-amino-alcohol motifs (C(OH)–C–C–N with tert-alkyl or cyclic N) is 1. The molecule has 0 radical (unpaired) electrons. The van der Waals surface area contributed by atoms with Crippen molar-refractivity contribution in [3.63, 3.8) is 0 Å². The van der Waals surface area contributed by atoms with Gasteiger partial charge >= 0.3 is 0 Å². The van der Waals surface area contributed by atoms with Gasteiger partial charge in [-0.25, -0.2) is 14.6 Å². The van der Waals surface area contributed by atoms with Crippen molar-refractivity contribution in [1.29, 1.82) is 0 Å². The molecule has 136 valence electrons. The van der Waals surface area contributed by atoms with Gasteiger partial charge in [0.15, 0.2) is 5.65 Å². The number of hydrogen-bond acceptors (Lipinski definition) is 6. The average Bonchev–Trinajstić information content (AvgIpc) is 3.09. The summed E-state index contributed by atoms with van der Waals surface area (Å²) in [5.74, 6) is 0.939. The minimum atomic E-state index is 0.209. The minimum Gasteiger partial charge on any atom is -0.395 e. The SMILES string of the molecule is Cc1ccc(-n2ncc3c(N4CCN(CCO)CC4)ncnc32)cc1C. The molecule has 26 heavy (non-hydrogen) atoms. The maximum Gasteiger partial charge on any atom is 0.168 e. The zero-order chi connectivity index (χ0) is 18.1. The molecule has 0 bridgehead atoms. The Kier molecular flexibility index (Phi) is 4.57. The Bertz CT molecular complexity index is 914. The van der Waals surface area contributed by atoms with E-state index in [1.165, 1.54) is 11.1 Å². The number of anilines is 1. The summed E-state index contributed by atoms with van der Waals surface area (Å²) < 4.78 is 1.88. The lowest BCUT2D eigenvalue weighted by atomic mass is 10.1. The Morgan fingerprint density at radius 1 is 1.04 bits per heavy atom. The lowest BCUT2D eigenvalue weighted by molar-refractivity contribution is 0.188. The van der Waals surface area contributed by atoms with E-state index in [9.17, 15) is 0 Å². The van der Waals surface area contributed by atoms with Crippen LogP contribution in [0.25, 0.3) is 16.7 Å². The van der Waals surface area contributed by atoms with Crippen LogP contribution in [0.3, 0.4) is 0 Å². The number of aliphatic hydroxyl groups is 1. The van der Waals surface area contributed by atoms with Crippen molar-refractivity contribution >= 4 is 16.9 Å². The van der Waals surface area contributed by atoms with Crippen LogP contribution >= 0.6 is 0 Å². The minimum absolute atomic E-state index is 0.209. The first kappa shape index (κ1) is 16.9. The van der Waals surface area contributed by atoms with Gasteiger partial charge in [-0.2, -0.15) is 5.10 Å². The highest BCUT2D eigenvalue weighted by Crippen LogP contribution is 2.26. The van der Waals surface area contributed by atoms with E-state index in [4.69, 9.17) is 5.11 Å². The molecular formula is C19H24N6O. The van der Waals surface area contributed by atoms with Crippen molar-refractivity contribution < 1.29 is 5.11 Å². The first-order valence-electron chi connectivity index (χ1n) is 9.02. The number of benzene rings is 1. The quantitative estimate of drug-likeness (QED) is 0.768. The van der Waals surface area contributed by atoms with Gasteiger partial charge in [-0.1, -0.05) is 6.07 Å². The van der Waals surface area contributed by atoms with E-state index in [0.29, 0.717) is 0 Å². The Morgan fingerprint density at radius 3 is 2.58 bits per heavy atom. The highest BCUT2D eigenvalue weighted by atomic mass is 16.3. The molecule has 3 aromatic rings. The van der Waals surface area contributed by atoms with Gasteiger partial charge in [0.2, 0.25) is 0 Å². The van der Waals surface area contributed by atoms with E-state index in [1.54, 1.807) is 6.33 Å². The summed E-state index contributed by atoms with van der Waals surface area (Å²) in [5.41, 5.74) is 4.35. The number of nitrogens with zero attached hydrogens (tertiary/aromatic N) is 6. The first-order valence-corrected chi connectivity index (χ1v) is 9.02. The molecule has 2 aromatic heterocycles. The zero-order valence-electron chi connectivity index (χ0n) is 15.3. The predicted octanol–water partition coefficient (Wildman–Crippen LogP) is 1.55. The molecule has 7 heteroatoms. The molecule has 4 rings (SSSR count). The van der Waals surface area contributed by atoms with Crippen LogP contribution in [-0.4, -0.2) is 69.1 Å². The summed E-state index contributed by atoms with van der Waals surface area (Å²) in [4.78, 5) is 13.6. The van der Waals surface area contributed by atoms with E-state index >= 15 is 0 Å². The number of aliphatic hydroxyl groups excluding tert-OH is 1. The van der Waals surface area contributed by atoms with Gasteiger partial charge in [0.1, 0.15) is 12.1 Å². The summed E-state index contributed by atoms with van der Waals surface area (Å²) >= 11 is 0. The Hall–Kier alpha value is -2.51. The molecular weight excluding hydrogens is 328 g/mol. The number of aryl methyl sites for hydroxylation is 2. The van der Waals surface area contributed by atoms with E-state index in [2.05, 4.69) is 56.9 Å². The molecule has 1 fully saturated rings. The van der Waals surface area contributed by atoms with Crippen LogP contribution in [0.4, 0.5) is 5.82 Å². The summed E-state index contributed by atoms with van der Waals surface area (Å²) in [6, 6.07) is 6.32. The highest BCUT2D eigenvalue weighted by molar-refractivity contribution is 5.87. The van der Waals surface area contributed by atoms with Crippen LogP contribution in [0.1, 0.15) is 11.1 Å². The van der Waals surface area contributed by atoms with Crippen LogP contribution < -0.4 is 4.90 Å². The molecule has 1 aliphatic heterocycles. The largest absolute Gasteiger partial charge is 0.395 e. The van der Waals surface area contributed by atoms with E-state index in [1.807, 2.05) is 10.9 Å². The van der Waals surface area contributed by atoms with E-state index < -0.39 is 0 Å². The van der Waals surface area contributed by atoms with Crippen molar-refractivity contribution in [1.82, 2.24) is 24.6 Å². The van der Waals surface area contributed by atoms with Crippen molar-refractivity contribution in [3.05, 3.63) is 41.9 Å². The van der Waals surface area contributed by atoms with Gasteiger partial charge < -0.3 is 10.0 Å². The van der Waals surface area contributed by atoms with E-state index in [0.717, 1.165) is 55.3 Å². The molecule has 1 saturated heterocycles. The first-order chi connectivity index (χ1) is 12.7. The molecule has 0 unspecified atom stereocenters. The monoisotopic (exact) mass is 352 g/mol. The second-order valence-corrected chi connectivity index (χ2v) is 6.81. The van der Waals surface area contributed by atoms with Crippen molar-refractivity contribution in [2.45, 2.75) is 13.8 Å². The molecule has 1 aromatic carbocycles. The fourth-order valence-corrected chi connectivity index (χ4v) is 3.45. The molecule has 3 heterocycles. The molecule has 0 amide bonds. The third kappa shape index (κ3) is 3.04. The fourth-order valence-electron chi connectivity index (χ4n) is 3.45. The standard InChI is InChI=1S/C19H24N6O/c1-14-3-4-16(11-15(14)2)25-19-17(12-22-25)18(20-13-21-19)24-7-5-23(6-8-24)9-10-26/h3-4,11-13,26H,5-10H2,1-2H3. The fraction of sp³-hybridized carbons (Fsp3) is 0.421. The second kappa shape index (κ2) is 7.01. The lowest BCUT2D eigenvalue weighted by Crippen LogP contribution is -2.47. The predicted molar refractivity (Wildman–Crippen MR) is 102 cm³/mol. The summed E-state index contributed by atoms with van der Waals surface area (Å²) in [7, 11) is 0. The summed E-state index contributed by atoms with van der Waals surface area (Å²) in [6.45, 7) is 8.79. The number of aromatic nitrogens is 4. The highest BCUT2D eigenvalue weighted by Gasteiger charge is 2.21. The third-order valence-electron chi connectivity index (χ3n) is 5.17. The molecule has 0 atom stereocenters. The van der Waals surface area contributed by atoms with Gasteiger partial charge in [0, 0.05) is 32.7 Å². The Balaban J connectivity index is 1.66. The molecule has 7 nitrogen and oxygen atoms in total. The van der Waals surface area contributed by atoms with E-state index in [-0.39, 0.29) is 6.61 Å². The second-order valence-electron chi connectivity index (χ2n) is 6.81. The Labute approximate surface area is 152 Å². The maximum absolute atomic E-state index is 9.10. The van der Waals surface area contributed by atoms with Crippen molar-refractivity contribution in [3.8, 4) is 5.69 Å². The average molecular weight is 352 g/mol. The molecule has 1 N–H and O–H groups in total. The van der Waals surface area contributed by atoms with Gasteiger partial charge in [-0.3, -0.25) is 4.90 Å². The van der Waals surface area contributed by atoms with Crippen LogP contribution in [0.5, 0.6) is 0 Å². The molecule has 1 aliphatic rings. The lowest BCUT2D eigenvalue weighted by Gasteiger charge is -2.35. The molecule has 0 aliphatic carbocycles. The molecule has 0 spiro atoms. The van der Waals surface area contributed by atoms with Crippen LogP contribution in [0.15, 0.2) is 30.7 Å². The maximum atomic E-state index is 9.10. The zero-order valence-corrected chi connectivity index (χ0v) is 15.3. The van der Waals surface area contributed by atoms with Crippen molar-refractivity contribution in [2.75, 3.05) is 44.2 Å². The number of piperazine rings is 1. The normalized spacial score (nSPS) is 15.7. The van der Waals surface area contributed by atoms with Gasteiger partial charge in [0.05, 0.1) is 23.9 Å².